The first-order valence-corrected chi connectivity index (χ1v) is 7.14. The van der Waals surface area contributed by atoms with E-state index >= 15 is 0 Å². The molecule has 0 spiro atoms. The van der Waals surface area contributed by atoms with Crippen LogP contribution in [0.25, 0.3) is 0 Å². The highest BCUT2D eigenvalue weighted by atomic mass is 16.5. The molecule has 0 radical (unpaired) electrons. The lowest BCUT2D eigenvalue weighted by molar-refractivity contribution is 0.0857. The summed E-state index contributed by atoms with van der Waals surface area (Å²) in [7, 11) is 4.64. The van der Waals surface area contributed by atoms with Crippen molar-refractivity contribution in [3.63, 3.8) is 0 Å². The van der Waals surface area contributed by atoms with Gasteiger partial charge in [-0.2, -0.15) is 0 Å². The van der Waals surface area contributed by atoms with Crippen LogP contribution in [0.3, 0.4) is 0 Å². The van der Waals surface area contributed by atoms with Crippen LogP contribution in [0.5, 0.6) is 17.2 Å². The molecule has 2 rings (SSSR count). The van der Waals surface area contributed by atoms with Crippen LogP contribution in [-0.4, -0.2) is 39.8 Å². The summed E-state index contributed by atoms with van der Waals surface area (Å²) in [4.78, 5) is 12.4. The Hall–Kier alpha value is -1.75. The molecule has 0 saturated carbocycles. The zero-order valence-electron chi connectivity index (χ0n) is 12.8. The number of methoxy groups -OCH3 is 3. The van der Waals surface area contributed by atoms with Crippen LogP contribution in [0.4, 0.5) is 0 Å². The first-order chi connectivity index (χ1) is 10.2. The van der Waals surface area contributed by atoms with Gasteiger partial charge in [-0.25, -0.2) is 0 Å². The van der Waals surface area contributed by atoms with E-state index in [1.165, 1.54) is 7.11 Å². The van der Waals surface area contributed by atoms with Crippen LogP contribution in [0.15, 0.2) is 12.1 Å². The van der Waals surface area contributed by atoms with Crippen molar-refractivity contribution in [1.29, 1.82) is 0 Å². The van der Waals surface area contributed by atoms with E-state index in [1.54, 1.807) is 26.4 Å². The molecule has 1 saturated heterocycles. The van der Waals surface area contributed by atoms with Gasteiger partial charge in [-0.3, -0.25) is 4.79 Å². The predicted molar refractivity (Wildman–Crippen MR) is 78.6 cm³/mol. The fraction of sp³-hybridized carbons (Fsp3) is 0.562. The van der Waals surface area contributed by atoms with Crippen molar-refractivity contribution < 1.29 is 23.7 Å². The standard InChI is InChI=1S/C16H22O5/c1-18-14-10-16(20-3)15(19-2)9-12(14)13(17)7-6-11-5-4-8-21-11/h9-11H,4-8H2,1-3H3. The Morgan fingerprint density at radius 1 is 1.14 bits per heavy atom. The molecule has 0 bridgehead atoms. The van der Waals surface area contributed by atoms with Gasteiger partial charge in [0.05, 0.1) is 33.0 Å². The Bertz CT molecular complexity index is 492. The smallest absolute Gasteiger partial charge is 0.166 e. The van der Waals surface area contributed by atoms with Gasteiger partial charge < -0.3 is 18.9 Å². The Labute approximate surface area is 125 Å². The topological polar surface area (TPSA) is 54.0 Å². The van der Waals surface area contributed by atoms with E-state index in [0.717, 1.165) is 25.9 Å². The zero-order chi connectivity index (χ0) is 15.2. The molecule has 5 heteroatoms. The molecule has 1 aliphatic rings. The molecule has 0 N–H and O–H groups in total. The first-order valence-electron chi connectivity index (χ1n) is 7.14. The van der Waals surface area contributed by atoms with E-state index in [4.69, 9.17) is 18.9 Å². The van der Waals surface area contributed by atoms with Gasteiger partial charge in [0, 0.05) is 19.1 Å². The molecule has 1 fully saturated rings. The zero-order valence-corrected chi connectivity index (χ0v) is 12.8. The summed E-state index contributed by atoms with van der Waals surface area (Å²) < 4.78 is 21.3. The third-order valence-electron chi connectivity index (χ3n) is 3.72. The van der Waals surface area contributed by atoms with Crippen molar-refractivity contribution in [2.45, 2.75) is 31.8 Å². The van der Waals surface area contributed by atoms with E-state index < -0.39 is 0 Å². The van der Waals surface area contributed by atoms with Crippen LogP contribution < -0.4 is 14.2 Å². The van der Waals surface area contributed by atoms with Gasteiger partial charge in [-0.15, -0.1) is 0 Å². The number of rotatable bonds is 7. The molecule has 5 nitrogen and oxygen atoms in total. The largest absolute Gasteiger partial charge is 0.496 e. The Morgan fingerprint density at radius 3 is 2.38 bits per heavy atom. The maximum absolute atomic E-state index is 12.4. The van der Waals surface area contributed by atoms with E-state index in [-0.39, 0.29) is 11.9 Å². The second kappa shape index (κ2) is 7.31. The molecule has 1 aromatic rings. The lowest BCUT2D eigenvalue weighted by Crippen LogP contribution is -2.10. The van der Waals surface area contributed by atoms with Crippen molar-refractivity contribution in [3.05, 3.63) is 17.7 Å². The minimum absolute atomic E-state index is 0.0308. The lowest BCUT2D eigenvalue weighted by atomic mass is 10.0. The Balaban J connectivity index is 2.14. The van der Waals surface area contributed by atoms with E-state index in [1.807, 2.05) is 0 Å². The van der Waals surface area contributed by atoms with Gasteiger partial charge in [-0.1, -0.05) is 0 Å². The maximum Gasteiger partial charge on any atom is 0.166 e. The number of carbonyl (C=O) groups excluding carboxylic acids is 1. The molecule has 1 atom stereocenters. The highest BCUT2D eigenvalue weighted by Crippen LogP contribution is 2.35. The summed E-state index contributed by atoms with van der Waals surface area (Å²) in [6.07, 6.45) is 3.52. The molecular weight excluding hydrogens is 272 g/mol. The van der Waals surface area contributed by atoms with Gasteiger partial charge in [0.2, 0.25) is 0 Å². The summed E-state index contributed by atoms with van der Waals surface area (Å²) in [6.45, 7) is 0.804. The molecule has 0 aromatic heterocycles. The normalized spacial score (nSPS) is 17.6. The van der Waals surface area contributed by atoms with Crippen molar-refractivity contribution in [2.24, 2.45) is 0 Å². The predicted octanol–water partition coefficient (Wildman–Crippen LogP) is 2.85. The van der Waals surface area contributed by atoms with Crippen molar-refractivity contribution in [3.8, 4) is 17.2 Å². The minimum Gasteiger partial charge on any atom is -0.496 e. The first kappa shape index (κ1) is 15.6. The number of Topliss-reactive ketones (excluding diaryl/α,β-unsaturated/α-hetero) is 1. The molecule has 1 heterocycles. The maximum atomic E-state index is 12.4. The number of hydrogen-bond acceptors (Lipinski definition) is 5. The fourth-order valence-corrected chi connectivity index (χ4v) is 2.55. The van der Waals surface area contributed by atoms with Crippen LogP contribution in [-0.2, 0) is 4.74 Å². The molecule has 1 aliphatic heterocycles. The average Bonchev–Trinajstić information content (AvgIpc) is 3.04. The van der Waals surface area contributed by atoms with Gasteiger partial charge in [-0.05, 0) is 25.3 Å². The van der Waals surface area contributed by atoms with Gasteiger partial charge in [0.25, 0.3) is 0 Å². The van der Waals surface area contributed by atoms with Crippen molar-refractivity contribution in [2.75, 3.05) is 27.9 Å². The van der Waals surface area contributed by atoms with Gasteiger partial charge in [0.15, 0.2) is 17.3 Å². The second-order valence-electron chi connectivity index (χ2n) is 5.00. The van der Waals surface area contributed by atoms with Crippen LogP contribution in [0.2, 0.25) is 0 Å². The quantitative estimate of drug-likeness (QED) is 0.724. The SMILES string of the molecule is COc1cc(OC)c(C(=O)CCC2CCCO2)cc1OC. The highest BCUT2D eigenvalue weighted by Gasteiger charge is 2.21. The number of ether oxygens (including phenoxy) is 4. The summed E-state index contributed by atoms with van der Waals surface area (Å²) in [5, 5.41) is 0. The van der Waals surface area contributed by atoms with E-state index in [9.17, 15) is 4.79 Å². The lowest BCUT2D eigenvalue weighted by Gasteiger charge is -2.14. The third-order valence-corrected chi connectivity index (χ3v) is 3.72. The summed E-state index contributed by atoms with van der Waals surface area (Å²) in [5.41, 5.74) is 0.521. The van der Waals surface area contributed by atoms with Gasteiger partial charge >= 0.3 is 0 Å². The Morgan fingerprint density at radius 2 is 1.81 bits per heavy atom. The van der Waals surface area contributed by atoms with Crippen LogP contribution >= 0.6 is 0 Å². The average molecular weight is 294 g/mol. The summed E-state index contributed by atoms with van der Waals surface area (Å²) in [5.74, 6) is 1.61. The second-order valence-corrected chi connectivity index (χ2v) is 5.00. The molecule has 0 aliphatic carbocycles. The van der Waals surface area contributed by atoms with Crippen molar-refractivity contribution in [1.82, 2.24) is 0 Å². The highest BCUT2D eigenvalue weighted by molar-refractivity contribution is 5.99. The Kier molecular flexibility index (Phi) is 5.44. The van der Waals surface area contributed by atoms with E-state index in [2.05, 4.69) is 0 Å². The minimum atomic E-state index is 0.0308. The monoisotopic (exact) mass is 294 g/mol. The molecular formula is C16H22O5. The number of hydrogen-bond donors (Lipinski definition) is 0. The fourth-order valence-electron chi connectivity index (χ4n) is 2.55. The summed E-state index contributed by atoms with van der Waals surface area (Å²) in [6, 6.07) is 3.35. The van der Waals surface area contributed by atoms with E-state index in [0.29, 0.717) is 29.2 Å². The molecule has 1 aromatic carbocycles. The number of benzene rings is 1. The molecule has 21 heavy (non-hydrogen) atoms. The van der Waals surface area contributed by atoms with Crippen LogP contribution in [0, 0.1) is 0 Å². The number of ketones is 1. The molecule has 116 valence electrons. The third kappa shape index (κ3) is 3.67. The summed E-state index contributed by atoms with van der Waals surface area (Å²) >= 11 is 0. The molecule has 1 unspecified atom stereocenters. The van der Waals surface area contributed by atoms with Crippen molar-refractivity contribution >= 4 is 5.78 Å². The van der Waals surface area contributed by atoms with Crippen LogP contribution in [0.1, 0.15) is 36.0 Å². The van der Waals surface area contributed by atoms with Gasteiger partial charge in [0.1, 0.15) is 5.75 Å². The number of carbonyl (C=O) groups is 1. The molecule has 0 amide bonds.